The number of morpholine rings is 1. The SMILES string of the molecule is Brc1ccc2c(c1)N(CCC1CNCCO1)CCN2. The van der Waals surface area contributed by atoms with Crippen molar-refractivity contribution in [3.8, 4) is 0 Å². The molecular weight excluding hydrogens is 306 g/mol. The fourth-order valence-electron chi connectivity index (χ4n) is 2.70. The van der Waals surface area contributed by atoms with E-state index in [0.717, 1.165) is 50.2 Å². The molecule has 0 radical (unpaired) electrons. The van der Waals surface area contributed by atoms with E-state index < -0.39 is 0 Å². The Morgan fingerprint density at radius 2 is 2.32 bits per heavy atom. The molecule has 3 rings (SSSR count). The molecule has 1 fully saturated rings. The predicted molar refractivity (Wildman–Crippen MR) is 82.1 cm³/mol. The fraction of sp³-hybridized carbons (Fsp3) is 0.571. The van der Waals surface area contributed by atoms with Crippen molar-refractivity contribution in [1.82, 2.24) is 5.32 Å². The normalized spacial score (nSPS) is 22.8. The number of anilines is 2. The summed E-state index contributed by atoms with van der Waals surface area (Å²) in [4.78, 5) is 2.45. The van der Waals surface area contributed by atoms with E-state index >= 15 is 0 Å². The van der Waals surface area contributed by atoms with Crippen LogP contribution in [0.15, 0.2) is 22.7 Å². The first-order valence-corrected chi connectivity index (χ1v) is 7.73. The number of nitrogens with one attached hydrogen (secondary N) is 2. The van der Waals surface area contributed by atoms with E-state index in [0.29, 0.717) is 6.10 Å². The molecule has 1 saturated heterocycles. The van der Waals surface area contributed by atoms with Crippen molar-refractivity contribution in [1.29, 1.82) is 0 Å². The van der Waals surface area contributed by atoms with Crippen molar-refractivity contribution in [3.05, 3.63) is 22.7 Å². The highest BCUT2D eigenvalue weighted by Gasteiger charge is 2.19. The molecule has 2 aliphatic heterocycles. The Balaban J connectivity index is 1.64. The summed E-state index contributed by atoms with van der Waals surface area (Å²) < 4.78 is 6.90. The summed E-state index contributed by atoms with van der Waals surface area (Å²) in [5.74, 6) is 0. The molecule has 19 heavy (non-hydrogen) atoms. The Labute approximate surface area is 122 Å². The molecule has 1 aromatic rings. The van der Waals surface area contributed by atoms with Crippen LogP contribution in [-0.4, -0.2) is 45.4 Å². The standard InChI is InChI=1S/C14H20BrN3O/c15-11-1-2-13-14(9-11)18(7-4-17-13)6-3-12-10-16-5-8-19-12/h1-2,9,12,16-17H,3-8,10H2. The molecule has 1 aromatic carbocycles. The van der Waals surface area contributed by atoms with Gasteiger partial charge in [0.1, 0.15) is 0 Å². The second kappa shape index (κ2) is 6.11. The Hall–Kier alpha value is -0.780. The van der Waals surface area contributed by atoms with Crippen LogP contribution in [0, 0.1) is 0 Å². The second-order valence-corrected chi connectivity index (χ2v) is 5.98. The number of halogens is 1. The van der Waals surface area contributed by atoms with Gasteiger partial charge in [0.2, 0.25) is 0 Å². The molecule has 0 amide bonds. The molecule has 2 N–H and O–H groups in total. The van der Waals surface area contributed by atoms with Crippen LogP contribution in [0.3, 0.4) is 0 Å². The average Bonchev–Trinajstić information content (AvgIpc) is 2.46. The van der Waals surface area contributed by atoms with Crippen molar-refractivity contribution in [2.45, 2.75) is 12.5 Å². The molecule has 4 nitrogen and oxygen atoms in total. The quantitative estimate of drug-likeness (QED) is 0.892. The highest BCUT2D eigenvalue weighted by atomic mass is 79.9. The van der Waals surface area contributed by atoms with Gasteiger partial charge >= 0.3 is 0 Å². The van der Waals surface area contributed by atoms with Crippen LogP contribution in [0.25, 0.3) is 0 Å². The molecule has 0 saturated carbocycles. The summed E-state index contributed by atoms with van der Waals surface area (Å²) in [5.41, 5.74) is 2.53. The zero-order chi connectivity index (χ0) is 13.1. The topological polar surface area (TPSA) is 36.5 Å². The number of ether oxygens (including phenoxy) is 1. The van der Waals surface area contributed by atoms with Crippen LogP contribution in [0.1, 0.15) is 6.42 Å². The Morgan fingerprint density at radius 3 is 3.16 bits per heavy atom. The predicted octanol–water partition coefficient (Wildman–Crippen LogP) is 2.06. The van der Waals surface area contributed by atoms with Gasteiger partial charge in [-0.3, -0.25) is 0 Å². The first-order chi connectivity index (χ1) is 9.33. The van der Waals surface area contributed by atoms with Crippen molar-refractivity contribution in [3.63, 3.8) is 0 Å². The van der Waals surface area contributed by atoms with Gasteiger partial charge in [-0.1, -0.05) is 15.9 Å². The smallest absolute Gasteiger partial charge is 0.0716 e. The average molecular weight is 326 g/mol. The van der Waals surface area contributed by atoms with E-state index in [9.17, 15) is 0 Å². The molecule has 2 aliphatic rings. The third kappa shape index (κ3) is 3.22. The van der Waals surface area contributed by atoms with Gasteiger partial charge in [0.25, 0.3) is 0 Å². The maximum atomic E-state index is 5.77. The molecule has 5 heteroatoms. The number of fused-ring (bicyclic) bond motifs is 1. The van der Waals surface area contributed by atoms with E-state index in [1.165, 1.54) is 11.4 Å². The van der Waals surface area contributed by atoms with E-state index in [2.05, 4.69) is 49.7 Å². The summed E-state index contributed by atoms with van der Waals surface area (Å²) >= 11 is 3.56. The number of rotatable bonds is 3. The Morgan fingerprint density at radius 1 is 1.37 bits per heavy atom. The first kappa shape index (κ1) is 13.2. The monoisotopic (exact) mass is 325 g/mol. The fourth-order valence-corrected chi connectivity index (χ4v) is 3.05. The minimum absolute atomic E-state index is 0.360. The van der Waals surface area contributed by atoms with Crippen LogP contribution >= 0.6 is 15.9 Å². The zero-order valence-electron chi connectivity index (χ0n) is 11.0. The molecule has 1 unspecified atom stereocenters. The summed E-state index contributed by atoms with van der Waals surface area (Å²) in [6.07, 6.45) is 1.44. The van der Waals surface area contributed by atoms with Crippen LogP contribution in [-0.2, 0) is 4.74 Å². The van der Waals surface area contributed by atoms with Crippen LogP contribution < -0.4 is 15.5 Å². The molecule has 0 aliphatic carbocycles. The van der Waals surface area contributed by atoms with Crippen molar-refractivity contribution < 1.29 is 4.74 Å². The number of hydrogen-bond donors (Lipinski definition) is 2. The maximum Gasteiger partial charge on any atom is 0.0716 e. The number of nitrogens with zero attached hydrogens (tertiary/aromatic N) is 1. The third-order valence-electron chi connectivity index (χ3n) is 3.72. The molecule has 2 heterocycles. The molecule has 0 aromatic heterocycles. The minimum atomic E-state index is 0.360. The molecule has 104 valence electrons. The number of benzene rings is 1. The first-order valence-electron chi connectivity index (χ1n) is 6.93. The van der Waals surface area contributed by atoms with Crippen LogP contribution in [0.4, 0.5) is 11.4 Å². The molecule has 0 spiro atoms. The van der Waals surface area contributed by atoms with Gasteiger partial charge in [-0.2, -0.15) is 0 Å². The lowest BCUT2D eigenvalue weighted by Crippen LogP contribution is -2.42. The second-order valence-electron chi connectivity index (χ2n) is 5.06. The van der Waals surface area contributed by atoms with Crippen molar-refractivity contribution in [2.24, 2.45) is 0 Å². The van der Waals surface area contributed by atoms with Gasteiger partial charge in [0, 0.05) is 37.2 Å². The van der Waals surface area contributed by atoms with Gasteiger partial charge in [-0.15, -0.1) is 0 Å². The Kier molecular flexibility index (Phi) is 4.25. The lowest BCUT2D eigenvalue weighted by molar-refractivity contribution is 0.0249. The van der Waals surface area contributed by atoms with Crippen LogP contribution in [0.2, 0.25) is 0 Å². The van der Waals surface area contributed by atoms with E-state index in [4.69, 9.17) is 4.74 Å². The van der Waals surface area contributed by atoms with Crippen molar-refractivity contribution >= 4 is 27.3 Å². The lowest BCUT2D eigenvalue weighted by Gasteiger charge is -2.34. The third-order valence-corrected chi connectivity index (χ3v) is 4.22. The zero-order valence-corrected chi connectivity index (χ0v) is 12.6. The van der Waals surface area contributed by atoms with Gasteiger partial charge < -0.3 is 20.3 Å². The molecule has 1 atom stereocenters. The largest absolute Gasteiger partial charge is 0.382 e. The van der Waals surface area contributed by atoms with Crippen molar-refractivity contribution in [2.75, 3.05) is 49.5 Å². The molecular formula is C14H20BrN3O. The van der Waals surface area contributed by atoms with Gasteiger partial charge in [-0.05, 0) is 24.6 Å². The summed E-state index contributed by atoms with van der Waals surface area (Å²) in [6, 6.07) is 6.43. The highest BCUT2D eigenvalue weighted by Crippen LogP contribution is 2.32. The minimum Gasteiger partial charge on any atom is -0.382 e. The van der Waals surface area contributed by atoms with E-state index in [1.54, 1.807) is 0 Å². The van der Waals surface area contributed by atoms with Gasteiger partial charge in [0.05, 0.1) is 24.1 Å². The molecule has 0 bridgehead atoms. The summed E-state index contributed by atoms with van der Waals surface area (Å²) in [5, 5.41) is 6.84. The highest BCUT2D eigenvalue weighted by molar-refractivity contribution is 9.10. The van der Waals surface area contributed by atoms with E-state index in [1.807, 2.05) is 0 Å². The van der Waals surface area contributed by atoms with E-state index in [-0.39, 0.29) is 0 Å². The summed E-state index contributed by atoms with van der Waals surface area (Å²) in [7, 11) is 0. The lowest BCUT2D eigenvalue weighted by atomic mass is 10.1. The Bertz CT molecular complexity index is 435. The maximum absolute atomic E-state index is 5.77. The summed E-state index contributed by atoms with van der Waals surface area (Å²) in [6.45, 7) is 5.94. The van der Waals surface area contributed by atoms with Gasteiger partial charge in [-0.25, -0.2) is 0 Å². The van der Waals surface area contributed by atoms with Crippen LogP contribution in [0.5, 0.6) is 0 Å². The number of hydrogen-bond acceptors (Lipinski definition) is 4. The van der Waals surface area contributed by atoms with Gasteiger partial charge in [0.15, 0.2) is 0 Å².